The molecule has 0 atom stereocenters. The van der Waals surface area contributed by atoms with Gasteiger partial charge in [-0.05, 0) is 12.5 Å². The van der Waals surface area contributed by atoms with Gasteiger partial charge in [-0.1, -0.05) is 30.3 Å². The Hall–Kier alpha value is -0.620. The molecule has 1 rings (SSSR count). The van der Waals surface area contributed by atoms with Crippen LogP contribution in [0, 0.1) is 0 Å². The van der Waals surface area contributed by atoms with Crippen LogP contribution in [0.15, 0.2) is 30.3 Å². The standard InChI is InChI=1S/C10H11NO3S.Na.H/c1-8(15(13)14)10(12)11-7-9-5-3-2-4-6-9;;/h2-6H,7H2,1H3,(H,11,12);;. The molecule has 0 bridgehead atoms. The summed E-state index contributed by atoms with van der Waals surface area (Å²) in [7, 11) is -2.44. The van der Waals surface area contributed by atoms with Crippen LogP contribution in [-0.4, -0.2) is 48.7 Å². The number of rotatable bonds is 3. The summed E-state index contributed by atoms with van der Waals surface area (Å²) in [5.74, 6) is -0.563. The molecule has 0 aliphatic heterocycles. The van der Waals surface area contributed by atoms with Crippen molar-refractivity contribution in [3.05, 3.63) is 35.9 Å². The summed E-state index contributed by atoms with van der Waals surface area (Å²) < 4.78 is 20.9. The molecule has 6 heteroatoms. The van der Waals surface area contributed by atoms with Crippen molar-refractivity contribution in [1.29, 1.82) is 0 Å². The molecule has 0 unspecified atom stereocenters. The predicted molar refractivity (Wildman–Crippen MR) is 65.0 cm³/mol. The zero-order valence-corrected chi connectivity index (χ0v) is 9.04. The van der Waals surface area contributed by atoms with Gasteiger partial charge in [0, 0.05) is 6.54 Å². The van der Waals surface area contributed by atoms with Gasteiger partial charge >= 0.3 is 29.6 Å². The predicted octanol–water partition coefficient (Wildman–Crippen LogP) is -0.274. The number of benzene rings is 1. The fourth-order valence-electron chi connectivity index (χ4n) is 0.978. The van der Waals surface area contributed by atoms with Crippen LogP contribution in [0.3, 0.4) is 0 Å². The van der Waals surface area contributed by atoms with Crippen LogP contribution in [0.5, 0.6) is 0 Å². The molecule has 0 aliphatic rings. The number of amides is 1. The minimum absolute atomic E-state index is 0. The van der Waals surface area contributed by atoms with Gasteiger partial charge in [0.1, 0.15) is 4.86 Å². The van der Waals surface area contributed by atoms with Gasteiger partial charge in [-0.2, -0.15) is 8.42 Å². The quantitative estimate of drug-likeness (QED) is 0.592. The van der Waals surface area contributed by atoms with Crippen molar-refractivity contribution in [2.75, 3.05) is 0 Å². The van der Waals surface area contributed by atoms with Crippen LogP contribution in [-0.2, 0) is 21.6 Å². The van der Waals surface area contributed by atoms with Gasteiger partial charge in [-0.15, -0.1) is 0 Å². The van der Waals surface area contributed by atoms with Gasteiger partial charge in [-0.25, -0.2) is 0 Å². The van der Waals surface area contributed by atoms with Crippen LogP contribution < -0.4 is 5.32 Å². The SMILES string of the molecule is CC(C(=O)NCc1ccccc1)=S(=O)=O.[NaH]. The van der Waals surface area contributed by atoms with Crippen LogP contribution in [0.4, 0.5) is 0 Å². The van der Waals surface area contributed by atoms with E-state index in [1.165, 1.54) is 6.92 Å². The molecule has 0 saturated heterocycles. The molecule has 0 fully saturated rings. The summed E-state index contributed by atoms with van der Waals surface area (Å²) in [4.78, 5) is 11.0. The fourth-order valence-corrected chi connectivity index (χ4v) is 1.20. The normalized spacial score (nSPS) is 8.81. The molecular weight excluding hydrogens is 237 g/mol. The van der Waals surface area contributed by atoms with Crippen molar-refractivity contribution in [3.8, 4) is 0 Å². The van der Waals surface area contributed by atoms with Crippen molar-refractivity contribution in [2.24, 2.45) is 0 Å². The second-order valence-corrected chi connectivity index (χ2v) is 4.04. The van der Waals surface area contributed by atoms with E-state index in [1.807, 2.05) is 30.3 Å². The minimum atomic E-state index is -2.44. The Bertz CT molecular complexity index is 474. The van der Waals surface area contributed by atoms with Crippen LogP contribution in [0.1, 0.15) is 12.5 Å². The van der Waals surface area contributed by atoms with E-state index in [1.54, 1.807) is 0 Å². The Labute approximate surface area is 118 Å². The number of carbonyl (C=O) groups is 1. The average Bonchev–Trinajstić information content (AvgIpc) is 2.26. The van der Waals surface area contributed by atoms with Crippen molar-refractivity contribution in [2.45, 2.75) is 13.5 Å². The van der Waals surface area contributed by atoms with Crippen LogP contribution in [0.2, 0.25) is 0 Å². The maximum absolute atomic E-state index is 11.2. The Balaban J connectivity index is 0.00000225. The first kappa shape index (κ1) is 15.4. The van der Waals surface area contributed by atoms with E-state index in [2.05, 4.69) is 5.32 Å². The van der Waals surface area contributed by atoms with Gasteiger partial charge in [0.15, 0.2) is 0 Å². The number of hydrogen-bond acceptors (Lipinski definition) is 3. The van der Waals surface area contributed by atoms with E-state index in [0.29, 0.717) is 6.54 Å². The van der Waals surface area contributed by atoms with E-state index in [9.17, 15) is 13.2 Å². The first-order chi connectivity index (χ1) is 7.11. The van der Waals surface area contributed by atoms with Gasteiger partial charge in [0.25, 0.3) is 5.91 Å². The molecule has 0 aromatic heterocycles. The summed E-state index contributed by atoms with van der Waals surface area (Å²) in [5, 5.41) is 2.51. The molecule has 0 radical (unpaired) electrons. The Morgan fingerprint density at radius 1 is 1.25 bits per heavy atom. The Morgan fingerprint density at radius 2 is 1.81 bits per heavy atom. The molecule has 82 valence electrons. The molecule has 1 aromatic carbocycles. The molecule has 1 amide bonds. The summed E-state index contributed by atoms with van der Waals surface area (Å²) in [5.41, 5.74) is 0.926. The van der Waals surface area contributed by atoms with Gasteiger partial charge in [0.2, 0.25) is 10.3 Å². The fraction of sp³-hybridized carbons (Fsp3) is 0.200. The van der Waals surface area contributed by atoms with Crippen molar-refractivity contribution < 1.29 is 13.2 Å². The third-order valence-electron chi connectivity index (χ3n) is 1.87. The van der Waals surface area contributed by atoms with Crippen LogP contribution in [0.25, 0.3) is 0 Å². The molecule has 16 heavy (non-hydrogen) atoms. The van der Waals surface area contributed by atoms with Gasteiger partial charge in [0.05, 0.1) is 0 Å². The molecule has 0 saturated carbocycles. The summed E-state index contributed by atoms with van der Waals surface area (Å²) in [6.45, 7) is 1.59. The maximum atomic E-state index is 11.2. The molecular formula is C10H12NNaO3S. The average molecular weight is 249 g/mol. The third kappa shape index (κ3) is 4.94. The molecule has 4 nitrogen and oxygen atoms in total. The first-order valence-electron chi connectivity index (χ1n) is 4.36. The topological polar surface area (TPSA) is 63.2 Å². The van der Waals surface area contributed by atoms with Crippen LogP contribution >= 0.6 is 0 Å². The van der Waals surface area contributed by atoms with Crippen molar-refractivity contribution in [1.82, 2.24) is 5.32 Å². The Morgan fingerprint density at radius 3 is 2.31 bits per heavy atom. The van der Waals surface area contributed by atoms with E-state index in [-0.39, 0.29) is 34.4 Å². The number of carbonyl (C=O) groups excluding carboxylic acids is 1. The van der Waals surface area contributed by atoms with E-state index >= 15 is 0 Å². The number of nitrogens with one attached hydrogen (secondary N) is 1. The summed E-state index contributed by atoms with van der Waals surface area (Å²) in [6.07, 6.45) is 0. The van der Waals surface area contributed by atoms with Crippen molar-refractivity contribution >= 4 is 50.6 Å². The Kier molecular flexibility index (Phi) is 7.33. The molecule has 0 heterocycles. The van der Waals surface area contributed by atoms with Crippen molar-refractivity contribution in [3.63, 3.8) is 0 Å². The molecule has 0 spiro atoms. The summed E-state index contributed by atoms with van der Waals surface area (Å²) >= 11 is 0. The second kappa shape index (κ2) is 7.62. The monoisotopic (exact) mass is 249 g/mol. The van der Waals surface area contributed by atoms with E-state index in [4.69, 9.17) is 0 Å². The van der Waals surface area contributed by atoms with E-state index < -0.39 is 16.2 Å². The summed E-state index contributed by atoms with van der Waals surface area (Å²) in [6, 6.07) is 9.27. The zero-order chi connectivity index (χ0) is 11.3. The molecule has 0 aliphatic carbocycles. The third-order valence-corrected chi connectivity index (χ3v) is 2.55. The second-order valence-electron chi connectivity index (χ2n) is 2.96. The van der Waals surface area contributed by atoms with E-state index in [0.717, 1.165) is 5.56 Å². The number of hydrogen-bond donors (Lipinski definition) is 1. The zero-order valence-electron chi connectivity index (χ0n) is 8.23. The first-order valence-corrected chi connectivity index (χ1v) is 5.43. The molecule has 1 N–H and O–H groups in total. The van der Waals surface area contributed by atoms with Gasteiger partial charge in [-0.3, -0.25) is 4.79 Å². The van der Waals surface area contributed by atoms with Gasteiger partial charge < -0.3 is 5.32 Å². The molecule has 1 aromatic rings.